The molecule has 0 amide bonds. The van der Waals surface area contributed by atoms with E-state index < -0.39 is 5.97 Å². The van der Waals surface area contributed by atoms with E-state index in [9.17, 15) is 9.90 Å². The van der Waals surface area contributed by atoms with Crippen LogP contribution in [0.15, 0.2) is 16.4 Å². The molecule has 0 saturated carbocycles. The molecular formula is C11H14IN7O2. The summed E-state index contributed by atoms with van der Waals surface area (Å²) >= 11 is 2.05. The Labute approximate surface area is 134 Å². The zero-order valence-electron chi connectivity index (χ0n) is 11.4. The summed E-state index contributed by atoms with van der Waals surface area (Å²) in [5, 5.41) is 18.4. The molecule has 0 aliphatic carbocycles. The molecule has 0 radical (unpaired) electrons. The van der Waals surface area contributed by atoms with Crippen molar-refractivity contribution in [2.75, 3.05) is 13.1 Å². The standard InChI is InChI=1S/C11H14IN7O2/c1-7-9(12)6-19(10(7)11(20)21)8(5-16-18-14)3-2-4-15-17-13/h6,8,13H,2-5H2,1H3/t8-/m0/s1. The van der Waals surface area contributed by atoms with Crippen LogP contribution in [0.5, 0.6) is 0 Å². The molecular weight excluding hydrogens is 389 g/mol. The first-order valence-electron chi connectivity index (χ1n) is 6.15. The van der Waals surface area contributed by atoms with Crippen LogP contribution in [-0.2, 0) is 0 Å². The van der Waals surface area contributed by atoms with Gasteiger partial charge < -0.3 is 14.5 Å². The van der Waals surface area contributed by atoms with Crippen molar-refractivity contribution < 1.29 is 9.90 Å². The third-order valence-electron chi connectivity index (χ3n) is 3.03. The van der Waals surface area contributed by atoms with Crippen molar-refractivity contribution >= 4 is 28.6 Å². The second-order valence-corrected chi connectivity index (χ2v) is 5.48. The fourth-order valence-electron chi connectivity index (χ4n) is 2.03. The van der Waals surface area contributed by atoms with Crippen LogP contribution in [0.2, 0.25) is 0 Å². The van der Waals surface area contributed by atoms with Gasteiger partial charge in [-0.25, -0.2) is 0 Å². The predicted molar refractivity (Wildman–Crippen MR) is 80.6 cm³/mol. The Hall–Kier alpha value is -1.90. The number of carbonyl (C=O) groups is 1. The number of aromatic carboxylic acids is 1. The molecule has 0 bridgehead atoms. The average molecular weight is 403 g/mol. The summed E-state index contributed by atoms with van der Waals surface area (Å²) in [5.41, 5.74) is 15.8. The smallest absolute Gasteiger partial charge is 0.214 e. The number of carbonyl (C=O) groups excluding carboxylic acids is 1. The first-order chi connectivity index (χ1) is 10.0. The monoisotopic (exact) mass is 403 g/mol. The Morgan fingerprint density at radius 1 is 1.62 bits per heavy atom. The van der Waals surface area contributed by atoms with Gasteiger partial charge in [0, 0.05) is 27.3 Å². The summed E-state index contributed by atoms with van der Waals surface area (Å²) in [4.78, 5) is 16.9. The van der Waals surface area contributed by atoms with Gasteiger partial charge in [-0.1, -0.05) is 5.11 Å². The van der Waals surface area contributed by atoms with E-state index in [0.717, 1.165) is 3.57 Å². The highest BCUT2D eigenvalue weighted by Crippen LogP contribution is 2.25. The lowest BCUT2D eigenvalue weighted by Crippen LogP contribution is -2.28. The maximum atomic E-state index is 11.3. The number of nitrogens with one attached hydrogen (secondary N) is 1. The van der Waals surface area contributed by atoms with Crippen LogP contribution in [0.25, 0.3) is 10.4 Å². The molecule has 0 spiro atoms. The van der Waals surface area contributed by atoms with Gasteiger partial charge in [-0.2, -0.15) is 0 Å². The second-order valence-electron chi connectivity index (χ2n) is 4.32. The minimum atomic E-state index is -1.26. The van der Waals surface area contributed by atoms with Crippen molar-refractivity contribution in [1.29, 1.82) is 5.53 Å². The Kier molecular flexibility index (Phi) is 6.86. The van der Waals surface area contributed by atoms with Crippen LogP contribution in [0.1, 0.15) is 34.9 Å². The molecule has 9 nitrogen and oxygen atoms in total. The molecule has 21 heavy (non-hydrogen) atoms. The Bertz CT molecular complexity index is 614. The van der Waals surface area contributed by atoms with Crippen molar-refractivity contribution in [3.05, 3.63) is 31.5 Å². The molecule has 1 rings (SSSR count). The van der Waals surface area contributed by atoms with E-state index in [1.54, 1.807) is 17.7 Å². The van der Waals surface area contributed by atoms with Gasteiger partial charge >= 0.3 is 0 Å². The molecule has 0 fully saturated rings. The van der Waals surface area contributed by atoms with Crippen molar-refractivity contribution in [3.63, 3.8) is 0 Å². The number of nitrogens with zero attached hydrogens (tertiary/aromatic N) is 6. The van der Waals surface area contributed by atoms with Crippen LogP contribution in [0.4, 0.5) is 0 Å². The van der Waals surface area contributed by atoms with E-state index in [4.69, 9.17) is 11.1 Å². The zero-order valence-corrected chi connectivity index (χ0v) is 13.5. The third-order valence-corrected chi connectivity index (χ3v) is 4.12. The van der Waals surface area contributed by atoms with Gasteiger partial charge in [0.15, 0.2) is 0 Å². The number of aromatic nitrogens is 1. The maximum absolute atomic E-state index is 11.3. The Balaban J connectivity index is 3.07. The third kappa shape index (κ3) is 4.55. The van der Waals surface area contributed by atoms with Gasteiger partial charge in [-0.15, -0.1) is 0 Å². The largest absolute Gasteiger partial charge is 0.543 e. The second kappa shape index (κ2) is 8.40. The molecule has 1 aromatic rings. The Morgan fingerprint density at radius 2 is 2.33 bits per heavy atom. The summed E-state index contributed by atoms with van der Waals surface area (Å²) < 4.78 is 2.39. The minimum absolute atomic E-state index is 0.0969. The minimum Gasteiger partial charge on any atom is -0.543 e. The van der Waals surface area contributed by atoms with E-state index in [0.29, 0.717) is 24.9 Å². The van der Waals surface area contributed by atoms with E-state index in [1.165, 1.54) is 0 Å². The Morgan fingerprint density at radius 3 is 2.90 bits per heavy atom. The van der Waals surface area contributed by atoms with Gasteiger partial charge in [0.1, 0.15) is 17.2 Å². The molecule has 0 aliphatic rings. The molecule has 0 unspecified atom stereocenters. The topological polar surface area (TPSA) is 144 Å². The van der Waals surface area contributed by atoms with Crippen molar-refractivity contribution in [2.45, 2.75) is 25.8 Å². The highest BCUT2D eigenvalue weighted by molar-refractivity contribution is 14.1. The summed E-state index contributed by atoms with van der Waals surface area (Å²) in [7, 11) is 0. The van der Waals surface area contributed by atoms with Crippen LogP contribution in [0, 0.1) is 16.0 Å². The van der Waals surface area contributed by atoms with Crippen LogP contribution < -0.4 is 10.0 Å². The predicted octanol–water partition coefficient (Wildman–Crippen LogP) is 1.95. The fraction of sp³-hybridized carbons (Fsp3) is 0.545. The molecule has 0 saturated heterocycles. The molecule has 1 aromatic heterocycles. The normalized spacial score (nSPS) is 11.3. The van der Waals surface area contributed by atoms with E-state index in [-0.39, 0.29) is 18.3 Å². The molecule has 112 valence electrons. The quantitative estimate of drug-likeness (QED) is 0.233. The van der Waals surface area contributed by atoms with E-state index >= 15 is 0 Å². The molecule has 0 aliphatic heterocycles. The molecule has 1 heterocycles. The zero-order chi connectivity index (χ0) is 15.8. The summed E-state index contributed by atoms with van der Waals surface area (Å²) in [6.07, 6.45) is 2.88. The summed E-state index contributed by atoms with van der Waals surface area (Å²) in [5.74, 6) is -1.26. The average Bonchev–Trinajstić information content (AvgIpc) is 2.74. The van der Waals surface area contributed by atoms with Gasteiger partial charge in [0.2, 0.25) is 4.91 Å². The van der Waals surface area contributed by atoms with Crippen LogP contribution in [0.3, 0.4) is 0 Å². The summed E-state index contributed by atoms with van der Waals surface area (Å²) in [6, 6.07) is -0.294. The van der Waals surface area contributed by atoms with Crippen LogP contribution in [-0.4, -0.2) is 23.6 Å². The first kappa shape index (κ1) is 17.2. The SMILES string of the molecule is Cc1c(I)cn([C@@H](CCCN=[N+]=N)CN=[N+]=[N-])c1C(=O)[O-]. The number of azide groups is 1. The number of halogens is 1. The number of carboxylic acid groups (broad SMARTS) is 1. The molecule has 1 atom stereocenters. The molecule has 10 heteroatoms. The maximum Gasteiger partial charge on any atom is 0.214 e. The summed E-state index contributed by atoms with van der Waals surface area (Å²) in [6.45, 7) is 2.22. The molecule has 1 N–H and O–H groups in total. The fourth-order valence-corrected chi connectivity index (χ4v) is 2.59. The van der Waals surface area contributed by atoms with Gasteiger partial charge in [-0.3, -0.25) is 0 Å². The van der Waals surface area contributed by atoms with Gasteiger partial charge in [0.25, 0.3) is 0 Å². The van der Waals surface area contributed by atoms with Crippen molar-refractivity contribution in [1.82, 2.24) is 9.48 Å². The van der Waals surface area contributed by atoms with Gasteiger partial charge in [0.05, 0.1) is 11.7 Å². The number of hydrogen-bond donors (Lipinski definition) is 1. The highest BCUT2D eigenvalue weighted by Gasteiger charge is 2.18. The number of hydrogen-bond acceptors (Lipinski definition) is 5. The van der Waals surface area contributed by atoms with E-state index in [1.807, 2.05) is 0 Å². The molecule has 0 aromatic carbocycles. The number of rotatable bonds is 8. The lowest BCUT2D eigenvalue weighted by Gasteiger charge is -2.20. The van der Waals surface area contributed by atoms with Crippen molar-refractivity contribution in [2.24, 2.45) is 10.2 Å². The lowest BCUT2D eigenvalue weighted by atomic mass is 10.1. The van der Waals surface area contributed by atoms with Crippen LogP contribution >= 0.6 is 22.6 Å². The van der Waals surface area contributed by atoms with E-state index in [2.05, 4.69) is 42.6 Å². The van der Waals surface area contributed by atoms with Crippen molar-refractivity contribution in [3.8, 4) is 0 Å². The van der Waals surface area contributed by atoms with Gasteiger partial charge in [-0.05, 0) is 53.5 Å². The first-order valence-corrected chi connectivity index (χ1v) is 7.23. The number of carboxylic acids is 1. The highest BCUT2D eigenvalue weighted by atomic mass is 127. The lowest BCUT2D eigenvalue weighted by molar-refractivity contribution is -0.255.